The Labute approximate surface area is 125 Å². The van der Waals surface area contributed by atoms with Gasteiger partial charge in [-0.3, -0.25) is 9.59 Å². The number of hydrogen-bond donors (Lipinski definition) is 0. The highest BCUT2D eigenvalue weighted by molar-refractivity contribution is 5.96. The summed E-state index contributed by atoms with van der Waals surface area (Å²) in [5, 5.41) is 0. The van der Waals surface area contributed by atoms with Gasteiger partial charge in [-0.25, -0.2) is 0 Å². The van der Waals surface area contributed by atoms with Crippen molar-refractivity contribution in [1.29, 1.82) is 0 Å². The molecule has 21 heavy (non-hydrogen) atoms. The number of nitrogens with zero attached hydrogens (tertiary/aromatic N) is 2. The monoisotopic (exact) mass is 286 g/mol. The minimum absolute atomic E-state index is 0.0301. The first kappa shape index (κ1) is 14.1. The third-order valence-electron chi connectivity index (χ3n) is 4.63. The molecule has 112 valence electrons. The molecule has 0 aliphatic carbocycles. The predicted molar refractivity (Wildman–Crippen MR) is 81.9 cm³/mol. The average molecular weight is 286 g/mol. The minimum Gasteiger partial charge on any atom is -0.342 e. The summed E-state index contributed by atoms with van der Waals surface area (Å²) in [6.45, 7) is 6.11. The number of benzene rings is 1. The van der Waals surface area contributed by atoms with Gasteiger partial charge in [-0.2, -0.15) is 0 Å². The van der Waals surface area contributed by atoms with Crippen molar-refractivity contribution in [2.45, 2.75) is 26.7 Å². The van der Waals surface area contributed by atoms with Gasteiger partial charge >= 0.3 is 0 Å². The quantitative estimate of drug-likeness (QED) is 0.837. The summed E-state index contributed by atoms with van der Waals surface area (Å²) in [7, 11) is 0. The highest BCUT2D eigenvalue weighted by Crippen LogP contribution is 2.42. The topological polar surface area (TPSA) is 40.6 Å². The van der Waals surface area contributed by atoms with Gasteiger partial charge in [-0.05, 0) is 18.6 Å². The molecule has 0 aromatic heterocycles. The van der Waals surface area contributed by atoms with E-state index in [4.69, 9.17) is 0 Å². The van der Waals surface area contributed by atoms with Gasteiger partial charge in [0.2, 0.25) is 11.8 Å². The zero-order valence-corrected chi connectivity index (χ0v) is 12.7. The fraction of sp³-hybridized carbons (Fsp3) is 0.529. The molecule has 2 fully saturated rings. The second kappa shape index (κ2) is 5.17. The Morgan fingerprint density at radius 3 is 2.57 bits per heavy atom. The zero-order chi connectivity index (χ0) is 15.0. The Balaban J connectivity index is 1.75. The van der Waals surface area contributed by atoms with E-state index < -0.39 is 0 Å². The van der Waals surface area contributed by atoms with Crippen LogP contribution >= 0.6 is 0 Å². The maximum absolute atomic E-state index is 12.4. The van der Waals surface area contributed by atoms with E-state index in [1.807, 2.05) is 54.0 Å². The van der Waals surface area contributed by atoms with E-state index in [1.165, 1.54) is 0 Å². The van der Waals surface area contributed by atoms with Gasteiger partial charge in [0, 0.05) is 43.1 Å². The Morgan fingerprint density at radius 1 is 1.19 bits per heavy atom. The van der Waals surface area contributed by atoms with Gasteiger partial charge in [0.15, 0.2) is 0 Å². The number of rotatable bonds is 2. The molecule has 2 saturated heterocycles. The maximum atomic E-state index is 12.4. The molecule has 0 saturated carbocycles. The van der Waals surface area contributed by atoms with Gasteiger partial charge < -0.3 is 9.80 Å². The van der Waals surface area contributed by atoms with E-state index >= 15 is 0 Å². The second-order valence-electron chi connectivity index (χ2n) is 6.66. The van der Waals surface area contributed by atoms with Crippen molar-refractivity contribution in [2.24, 2.45) is 11.3 Å². The molecule has 0 bridgehead atoms. The normalized spacial score (nSPS) is 25.4. The molecule has 2 heterocycles. The first-order chi connectivity index (χ1) is 10.0. The average Bonchev–Trinajstić information content (AvgIpc) is 3.03. The van der Waals surface area contributed by atoms with Crippen LogP contribution in [0.2, 0.25) is 0 Å². The summed E-state index contributed by atoms with van der Waals surface area (Å²) < 4.78 is 0. The number of carbonyl (C=O) groups is 2. The van der Waals surface area contributed by atoms with Crippen molar-refractivity contribution in [2.75, 3.05) is 24.5 Å². The zero-order valence-electron chi connectivity index (χ0n) is 12.7. The van der Waals surface area contributed by atoms with Crippen molar-refractivity contribution < 1.29 is 9.59 Å². The van der Waals surface area contributed by atoms with Crippen molar-refractivity contribution in [3.05, 3.63) is 30.3 Å². The molecule has 0 radical (unpaired) electrons. The predicted octanol–water partition coefficient (Wildman–Crippen LogP) is 2.30. The molecule has 1 aromatic rings. The van der Waals surface area contributed by atoms with Crippen LogP contribution in [0, 0.1) is 11.3 Å². The largest absolute Gasteiger partial charge is 0.342 e. The van der Waals surface area contributed by atoms with Gasteiger partial charge in [-0.15, -0.1) is 0 Å². The lowest BCUT2D eigenvalue weighted by atomic mass is 9.86. The number of carbonyl (C=O) groups excluding carboxylic acids is 2. The smallest absolute Gasteiger partial charge is 0.227 e. The summed E-state index contributed by atoms with van der Waals surface area (Å²) in [5.41, 5.74) is 0.922. The number of likely N-dealkylation sites (tertiary alicyclic amines) is 1. The Bertz CT molecular complexity index is 555. The van der Waals surface area contributed by atoms with E-state index in [9.17, 15) is 9.59 Å². The summed E-state index contributed by atoms with van der Waals surface area (Å²) >= 11 is 0. The molecule has 2 aliphatic heterocycles. The first-order valence-corrected chi connectivity index (χ1v) is 7.65. The van der Waals surface area contributed by atoms with E-state index in [0.717, 1.165) is 31.7 Å². The van der Waals surface area contributed by atoms with Crippen LogP contribution in [0.4, 0.5) is 5.69 Å². The molecular weight excluding hydrogens is 264 g/mol. The molecule has 0 N–H and O–H groups in total. The molecule has 1 aromatic carbocycles. The van der Waals surface area contributed by atoms with Crippen molar-refractivity contribution in [3.8, 4) is 0 Å². The van der Waals surface area contributed by atoms with Gasteiger partial charge in [0.05, 0.1) is 0 Å². The number of anilines is 1. The van der Waals surface area contributed by atoms with E-state index in [-0.39, 0.29) is 23.1 Å². The number of para-hydroxylation sites is 1. The van der Waals surface area contributed by atoms with Gasteiger partial charge in [0.25, 0.3) is 0 Å². The summed E-state index contributed by atoms with van der Waals surface area (Å²) in [4.78, 5) is 28.3. The van der Waals surface area contributed by atoms with Crippen molar-refractivity contribution >= 4 is 17.5 Å². The maximum Gasteiger partial charge on any atom is 0.227 e. The summed E-state index contributed by atoms with van der Waals surface area (Å²) in [6, 6.07) is 9.82. The van der Waals surface area contributed by atoms with Crippen molar-refractivity contribution in [3.63, 3.8) is 0 Å². The first-order valence-electron chi connectivity index (χ1n) is 7.65. The highest BCUT2D eigenvalue weighted by Gasteiger charge is 2.48. The third-order valence-corrected chi connectivity index (χ3v) is 4.63. The van der Waals surface area contributed by atoms with Crippen LogP contribution < -0.4 is 4.90 Å². The molecule has 1 spiro atoms. The van der Waals surface area contributed by atoms with Crippen molar-refractivity contribution in [1.82, 2.24) is 4.90 Å². The van der Waals surface area contributed by atoms with Gasteiger partial charge in [0.1, 0.15) is 0 Å². The Hall–Kier alpha value is -1.84. The van der Waals surface area contributed by atoms with E-state index in [2.05, 4.69) is 0 Å². The molecule has 4 nitrogen and oxygen atoms in total. The van der Waals surface area contributed by atoms with Crippen LogP contribution in [0.1, 0.15) is 26.7 Å². The molecule has 2 amide bonds. The lowest BCUT2D eigenvalue weighted by Crippen LogP contribution is -2.36. The van der Waals surface area contributed by atoms with Crippen LogP contribution in [-0.4, -0.2) is 36.3 Å². The molecule has 4 heteroatoms. The van der Waals surface area contributed by atoms with Crippen LogP contribution in [0.25, 0.3) is 0 Å². The van der Waals surface area contributed by atoms with Crippen LogP contribution in [0.5, 0.6) is 0 Å². The molecular formula is C17H22N2O2. The number of amides is 2. The van der Waals surface area contributed by atoms with E-state index in [1.54, 1.807) is 0 Å². The Morgan fingerprint density at radius 2 is 1.90 bits per heavy atom. The summed E-state index contributed by atoms with van der Waals surface area (Å²) in [5.74, 6) is 0.417. The fourth-order valence-corrected chi connectivity index (χ4v) is 3.50. The van der Waals surface area contributed by atoms with Crippen LogP contribution in [0.3, 0.4) is 0 Å². The van der Waals surface area contributed by atoms with Crippen LogP contribution in [0.15, 0.2) is 30.3 Å². The molecule has 0 unspecified atom stereocenters. The molecule has 3 rings (SSSR count). The standard InChI is InChI=1S/C17H22N2O2/c1-13(2)16(21)18-9-8-17(11-18)10-15(20)19(12-17)14-6-4-3-5-7-14/h3-7,13H,8-12H2,1-2H3/t17-/m1/s1. The molecule has 2 aliphatic rings. The fourth-order valence-electron chi connectivity index (χ4n) is 3.50. The SMILES string of the molecule is CC(C)C(=O)N1CC[C@@]2(CC(=O)N(c3ccccc3)C2)C1. The lowest BCUT2D eigenvalue weighted by Gasteiger charge is -2.25. The van der Waals surface area contributed by atoms with Crippen LogP contribution in [-0.2, 0) is 9.59 Å². The Kier molecular flexibility index (Phi) is 3.47. The highest BCUT2D eigenvalue weighted by atomic mass is 16.2. The second-order valence-corrected chi connectivity index (χ2v) is 6.66. The lowest BCUT2D eigenvalue weighted by molar-refractivity contribution is -0.133. The third kappa shape index (κ3) is 2.55. The minimum atomic E-state index is -0.0442. The van der Waals surface area contributed by atoms with Gasteiger partial charge in [-0.1, -0.05) is 32.0 Å². The van der Waals surface area contributed by atoms with E-state index in [0.29, 0.717) is 6.42 Å². The summed E-state index contributed by atoms with van der Waals surface area (Å²) in [6.07, 6.45) is 1.49. The number of hydrogen-bond acceptors (Lipinski definition) is 2. The molecule has 1 atom stereocenters.